The number of aryl methyl sites for hydroxylation is 3. The molecule has 0 radical (unpaired) electrons. The average Bonchev–Trinajstić information content (AvgIpc) is 2.64. The largest absolute Gasteiger partial charge is 0.369 e. The van der Waals surface area contributed by atoms with E-state index < -0.39 is 0 Å². The van der Waals surface area contributed by atoms with Gasteiger partial charge in [-0.1, -0.05) is 23.8 Å². The number of aliphatic imine (C=N–C) groups is 1. The molecule has 3 rings (SSSR count). The Morgan fingerprint density at radius 3 is 2.57 bits per heavy atom. The summed E-state index contributed by atoms with van der Waals surface area (Å²) in [6.07, 6.45) is 0. The van der Waals surface area contributed by atoms with Gasteiger partial charge in [-0.15, -0.1) is 11.8 Å². The number of benzene rings is 2. The molecule has 1 aromatic heterocycles. The zero-order valence-electron chi connectivity index (χ0n) is 16.1. The molecule has 0 saturated heterocycles. The second-order valence-electron chi connectivity index (χ2n) is 6.58. The van der Waals surface area contributed by atoms with Crippen LogP contribution in [0.1, 0.15) is 22.4 Å². The Balaban J connectivity index is 1.72. The van der Waals surface area contributed by atoms with Gasteiger partial charge in [0.1, 0.15) is 0 Å². The summed E-state index contributed by atoms with van der Waals surface area (Å²) in [5.74, 6) is 0.913. The maximum absolute atomic E-state index is 12.0. The summed E-state index contributed by atoms with van der Waals surface area (Å²) in [5, 5.41) is 3.02. The lowest BCUT2D eigenvalue weighted by molar-refractivity contribution is 1.04. The monoisotopic (exact) mass is 393 g/mol. The molecule has 4 N–H and O–H groups in total. The molecule has 0 atom stereocenters. The molecule has 7 heteroatoms. The van der Waals surface area contributed by atoms with Crippen LogP contribution >= 0.6 is 11.8 Å². The number of aromatic nitrogens is 2. The Kier molecular flexibility index (Phi) is 6.16. The van der Waals surface area contributed by atoms with Crippen LogP contribution in [0.5, 0.6) is 0 Å². The normalized spacial score (nSPS) is 11.5. The van der Waals surface area contributed by atoms with Crippen molar-refractivity contribution in [3.8, 4) is 0 Å². The Morgan fingerprint density at radius 2 is 1.86 bits per heavy atom. The summed E-state index contributed by atoms with van der Waals surface area (Å²) in [6, 6.07) is 15.6. The van der Waals surface area contributed by atoms with Gasteiger partial charge in [-0.2, -0.15) is 4.99 Å². The number of nitrogens with zero attached hydrogens (tertiary/aromatic N) is 2. The van der Waals surface area contributed by atoms with Crippen molar-refractivity contribution in [3.05, 3.63) is 81.3 Å². The fourth-order valence-corrected chi connectivity index (χ4v) is 3.31. The molecule has 6 nitrogen and oxygen atoms in total. The van der Waals surface area contributed by atoms with Crippen LogP contribution in [-0.2, 0) is 5.75 Å². The molecule has 0 fully saturated rings. The van der Waals surface area contributed by atoms with Crippen LogP contribution in [0.4, 0.5) is 11.6 Å². The van der Waals surface area contributed by atoms with Crippen molar-refractivity contribution >= 4 is 29.4 Å². The summed E-state index contributed by atoms with van der Waals surface area (Å²) < 4.78 is 0. The molecule has 2 aromatic carbocycles. The van der Waals surface area contributed by atoms with Gasteiger partial charge in [-0.3, -0.25) is 9.78 Å². The van der Waals surface area contributed by atoms with Gasteiger partial charge in [0.05, 0.1) is 5.69 Å². The first kappa shape index (κ1) is 19.7. The highest BCUT2D eigenvalue weighted by Crippen LogP contribution is 2.22. The van der Waals surface area contributed by atoms with E-state index in [1.165, 1.54) is 17.2 Å². The van der Waals surface area contributed by atoms with Crippen LogP contribution in [0.25, 0.3) is 0 Å². The molecule has 28 heavy (non-hydrogen) atoms. The minimum Gasteiger partial charge on any atom is -0.369 e. The van der Waals surface area contributed by atoms with E-state index in [0.29, 0.717) is 11.4 Å². The SMILES string of the molecule is Cc1ccc(SCc2cc(=O)[nH]c(/N=C(/N)Nc3ccc(C)c(C)c3)n2)cc1. The lowest BCUT2D eigenvalue weighted by Gasteiger charge is -2.08. The highest BCUT2D eigenvalue weighted by Gasteiger charge is 2.04. The van der Waals surface area contributed by atoms with Gasteiger partial charge in [-0.05, 0) is 56.2 Å². The van der Waals surface area contributed by atoms with Crippen LogP contribution in [-0.4, -0.2) is 15.9 Å². The third kappa shape index (κ3) is 5.47. The molecule has 0 unspecified atom stereocenters. The van der Waals surface area contributed by atoms with Crippen LogP contribution in [0.15, 0.2) is 63.2 Å². The summed E-state index contributed by atoms with van der Waals surface area (Å²) >= 11 is 1.61. The van der Waals surface area contributed by atoms with E-state index in [9.17, 15) is 4.79 Å². The average molecular weight is 394 g/mol. The van der Waals surface area contributed by atoms with Crippen molar-refractivity contribution in [2.75, 3.05) is 5.32 Å². The molecule has 0 saturated carbocycles. The third-order valence-electron chi connectivity index (χ3n) is 4.20. The number of aromatic amines is 1. The second-order valence-corrected chi connectivity index (χ2v) is 7.63. The molecule has 0 aliphatic carbocycles. The predicted molar refractivity (Wildman–Crippen MR) is 116 cm³/mol. The van der Waals surface area contributed by atoms with Crippen LogP contribution in [0, 0.1) is 20.8 Å². The number of nitrogens with two attached hydrogens (primary N) is 1. The smallest absolute Gasteiger partial charge is 0.252 e. The van der Waals surface area contributed by atoms with E-state index in [1.54, 1.807) is 11.8 Å². The van der Waals surface area contributed by atoms with Crippen molar-refractivity contribution in [1.29, 1.82) is 0 Å². The van der Waals surface area contributed by atoms with Crippen molar-refractivity contribution in [2.45, 2.75) is 31.4 Å². The highest BCUT2D eigenvalue weighted by atomic mass is 32.2. The molecule has 144 valence electrons. The maximum Gasteiger partial charge on any atom is 0.252 e. The number of guanidine groups is 1. The van der Waals surface area contributed by atoms with Crippen molar-refractivity contribution in [2.24, 2.45) is 10.7 Å². The first-order valence-electron chi connectivity index (χ1n) is 8.87. The maximum atomic E-state index is 12.0. The minimum absolute atomic E-state index is 0.162. The Bertz CT molecular complexity index is 1060. The van der Waals surface area contributed by atoms with E-state index in [4.69, 9.17) is 5.73 Å². The number of thioether (sulfide) groups is 1. The van der Waals surface area contributed by atoms with Crippen LogP contribution in [0.2, 0.25) is 0 Å². The van der Waals surface area contributed by atoms with Crippen molar-refractivity contribution in [3.63, 3.8) is 0 Å². The van der Waals surface area contributed by atoms with E-state index >= 15 is 0 Å². The molecule has 0 aliphatic heterocycles. The number of hydrogen-bond donors (Lipinski definition) is 3. The van der Waals surface area contributed by atoms with E-state index in [-0.39, 0.29) is 17.5 Å². The van der Waals surface area contributed by atoms with Crippen molar-refractivity contribution in [1.82, 2.24) is 9.97 Å². The van der Waals surface area contributed by atoms with E-state index in [1.807, 2.05) is 39.0 Å². The quantitative estimate of drug-likeness (QED) is 0.345. The zero-order valence-corrected chi connectivity index (χ0v) is 16.9. The zero-order chi connectivity index (χ0) is 20.1. The molecular weight excluding hydrogens is 370 g/mol. The molecule has 0 aliphatic rings. The first-order valence-corrected chi connectivity index (χ1v) is 9.86. The van der Waals surface area contributed by atoms with Gasteiger partial charge in [0.2, 0.25) is 11.9 Å². The fourth-order valence-electron chi connectivity index (χ4n) is 2.52. The Labute approximate surface area is 168 Å². The highest BCUT2D eigenvalue weighted by molar-refractivity contribution is 7.98. The van der Waals surface area contributed by atoms with Gasteiger partial charge in [0.25, 0.3) is 5.56 Å². The number of hydrogen-bond acceptors (Lipinski definition) is 4. The first-order chi connectivity index (χ1) is 13.4. The minimum atomic E-state index is -0.257. The Morgan fingerprint density at radius 1 is 1.11 bits per heavy atom. The van der Waals surface area contributed by atoms with E-state index in [2.05, 4.69) is 44.5 Å². The van der Waals surface area contributed by atoms with E-state index in [0.717, 1.165) is 16.1 Å². The summed E-state index contributed by atoms with van der Waals surface area (Å²) in [7, 11) is 0. The third-order valence-corrected chi connectivity index (χ3v) is 5.24. The molecule has 0 amide bonds. The molecule has 3 aromatic rings. The van der Waals surface area contributed by atoms with Crippen LogP contribution in [0.3, 0.4) is 0 Å². The fraction of sp³-hybridized carbons (Fsp3) is 0.190. The molecular formula is C21H23N5OS. The second kappa shape index (κ2) is 8.75. The number of nitrogens with one attached hydrogen (secondary N) is 2. The topological polar surface area (TPSA) is 96.2 Å². The molecule has 1 heterocycles. The lowest BCUT2D eigenvalue weighted by Crippen LogP contribution is -2.22. The Hall–Kier alpha value is -3.06. The molecule has 0 bridgehead atoms. The molecule has 0 spiro atoms. The summed E-state index contributed by atoms with van der Waals surface area (Å²) in [5.41, 5.74) is 10.8. The van der Waals surface area contributed by atoms with Crippen molar-refractivity contribution < 1.29 is 0 Å². The number of H-pyrrole nitrogens is 1. The van der Waals surface area contributed by atoms with Gasteiger partial charge in [0.15, 0.2) is 0 Å². The standard InChI is InChI=1S/C21H23N5OS/c1-13-4-8-18(9-5-13)28-12-17-11-19(27)25-21(24-17)26-20(22)23-16-7-6-14(2)15(3)10-16/h4-11H,12H2,1-3H3,(H4,22,23,24,25,26,27). The summed E-state index contributed by atoms with van der Waals surface area (Å²) in [4.78, 5) is 24.3. The van der Waals surface area contributed by atoms with Gasteiger partial charge < -0.3 is 11.1 Å². The van der Waals surface area contributed by atoms with Gasteiger partial charge in [-0.25, -0.2) is 4.98 Å². The lowest BCUT2D eigenvalue weighted by atomic mass is 10.1. The van der Waals surface area contributed by atoms with Gasteiger partial charge >= 0.3 is 0 Å². The van der Waals surface area contributed by atoms with Gasteiger partial charge in [0, 0.05) is 22.4 Å². The van der Waals surface area contributed by atoms with Crippen LogP contribution < -0.4 is 16.6 Å². The number of rotatable bonds is 5. The summed E-state index contributed by atoms with van der Waals surface area (Å²) in [6.45, 7) is 6.13. The predicted octanol–water partition coefficient (Wildman–Crippen LogP) is 4.05. The number of anilines is 1.